The van der Waals surface area contributed by atoms with Crippen molar-refractivity contribution < 1.29 is 14.3 Å². The third-order valence-electron chi connectivity index (χ3n) is 4.22. The molecule has 3 aromatic rings. The second-order valence-corrected chi connectivity index (χ2v) is 6.03. The highest BCUT2D eigenvalue weighted by Crippen LogP contribution is 2.08. The Bertz CT molecular complexity index is 1060. The van der Waals surface area contributed by atoms with Gasteiger partial charge in [0, 0.05) is 6.54 Å². The van der Waals surface area contributed by atoms with Gasteiger partial charge in [-0.1, -0.05) is 24.3 Å². The number of hydrogen-bond donors (Lipinski definition) is 1. The summed E-state index contributed by atoms with van der Waals surface area (Å²) < 4.78 is 6.01. The first kappa shape index (κ1) is 18.3. The van der Waals surface area contributed by atoms with Crippen LogP contribution >= 0.6 is 0 Å². The van der Waals surface area contributed by atoms with Gasteiger partial charge in [-0.2, -0.15) is 0 Å². The molecular weight excluding hydrogens is 346 g/mol. The summed E-state index contributed by atoms with van der Waals surface area (Å²) in [7, 11) is 1.32. The molecule has 0 aliphatic heterocycles. The Hall–Kier alpha value is -3.48. The van der Waals surface area contributed by atoms with Gasteiger partial charge in [-0.05, 0) is 36.8 Å². The summed E-state index contributed by atoms with van der Waals surface area (Å²) in [6.45, 7) is 1.88. The molecular formula is C20H19N3O4. The number of hydrogen-bond acceptors (Lipinski definition) is 5. The van der Waals surface area contributed by atoms with Gasteiger partial charge in [0.2, 0.25) is 5.91 Å². The number of carbonyl (C=O) groups is 2. The van der Waals surface area contributed by atoms with Crippen molar-refractivity contribution in [2.45, 2.75) is 20.0 Å². The van der Waals surface area contributed by atoms with Gasteiger partial charge in [-0.25, -0.2) is 9.78 Å². The average molecular weight is 365 g/mol. The molecule has 1 aromatic heterocycles. The summed E-state index contributed by atoms with van der Waals surface area (Å²) in [4.78, 5) is 40.7. The molecule has 0 radical (unpaired) electrons. The molecule has 7 heteroatoms. The smallest absolute Gasteiger partial charge is 0.337 e. The zero-order valence-corrected chi connectivity index (χ0v) is 15.1. The highest BCUT2D eigenvalue weighted by atomic mass is 16.5. The number of para-hydroxylation sites is 1. The van der Waals surface area contributed by atoms with Crippen LogP contribution in [0.2, 0.25) is 0 Å². The molecule has 0 aliphatic rings. The molecule has 0 spiro atoms. The van der Waals surface area contributed by atoms with Gasteiger partial charge in [0.15, 0.2) is 0 Å². The lowest BCUT2D eigenvalue weighted by Crippen LogP contribution is -2.33. The number of nitrogens with zero attached hydrogens (tertiary/aromatic N) is 2. The third kappa shape index (κ3) is 4.03. The zero-order valence-electron chi connectivity index (χ0n) is 15.1. The Labute approximate surface area is 155 Å². The molecule has 0 bridgehead atoms. The van der Waals surface area contributed by atoms with Crippen molar-refractivity contribution in [2.75, 3.05) is 7.11 Å². The number of fused-ring (bicyclic) bond motifs is 1. The van der Waals surface area contributed by atoms with Crippen molar-refractivity contribution in [3.05, 3.63) is 75.8 Å². The van der Waals surface area contributed by atoms with Gasteiger partial charge in [-0.15, -0.1) is 0 Å². The fourth-order valence-electron chi connectivity index (χ4n) is 2.74. The van der Waals surface area contributed by atoms with E-state index in [1.54, 1.807) is 49.4 Å². The van der Waals surface area contributed by atoms with Gasteiger partial charge >= 0.3 is 5.97 Å². The van der Waals surface area contributed by atoms with E-state index in [-0.39, 0.29) is 24.6 Å². The van der Waals surface area contributed by atoms with Crippen LogP contribution < -0.4 is 10.9 Å². The second kappa shape index (κ2) is 7.82. The van der Waals surface area contributed by atoms with E-state index in [1.165, 1.54) is 11.7 Å². The van der Waals surface area contributed by atoms with Crippen molar-refractivity contribution in [3.63, 3.8) is 0 Å². The van der Waals surface area contributed by atoms with Gasteiger partial charge in [-0.3, -0.25) is 14.2 Å². The van der Waals surface area contributed by atoms with Crippen LogP contribution in [0, 0.1) is 6.92 Å². The standard InChI is InChI=1S/C20H19N3O4/c1-13-22-17-6-4-3-5-16(17)19(25)23(13)12-18(24)21-11-14-7-9-15(10-8-14)20(26)27-2/h3-10H,11-12H2,1-2H3,(H,21,24). The van der Waals surface area contributed by atoms with Crippen molar-refractivity contribution >= 4 is 22.8 Å². The number of nitrogens with one attached hydrogen (secondary N) is 1. The molecule has 0 atom stereocenters. The highest BCUT2D eigenvalue weighted by molar-refractivity contribution is 5.89. The van der Waals surface area contributed by atoms with Crippen molar-refractivity contribution in [1.29, 1.82) is 0 Å². The topological polar surface area (TPSA) is 90.3 Å². The van der Waals surface area contributed by atoms with E-state index in [0.29, 0.717) is 22.3 Å². The highest BCUT2D eigenvalue weighted by Gasteiger charge is 2.11. The number of aromatic nitrogens is 2. The summed E-state index contributed by atoms with van der Waals surface area (Å²) >= 11 is 0. The van der Waals surface area contributed by atoms with Crippen molar-refractivity contribution in [1.82, 2.24) is 14.9 Å². The number of aryl methyl sites for hydroxylation is 1. The van der Waals surface area contributed by atoms with Crippen LogP contribution in [0.1, 0.15) is 21.7 Å². The normalized spacial score (nSPS) is 10.6. The minimum atomic E-state index is -0.413. The molecule has 138 valence electrons. The van der Waals surface area contributed by atoms with Crippen LogP contribution in [0.3, 0.4) is 0 Å². The Morgan fingerprint density at radius 1 is 1.11 bits per heavy atom. The first-order valence-corrected chi connectivity index (χ1v) is 8.39. The van der Waals surface area contributed by atoms with E-state index in [0.717, 1.165) is 5.56 Å². The third-order valence-corrected chi connectivity index (χ3v) is 4.22. The van der Waals surface area contributed by atoms with Crippen LogP contribution in [0.15, 0.2) is 53.3 Å². The quantitative estimate of drug-likeness (QED) is 0.697. The van der Waals surface area contributed by atoms with Crippen LogP contribution in [-0.2, 0) is 22.6 Å². The minimum Gasteiger partial charge on any atom is -0.465 e. The molecule has 27 heavy (non-hydrogen) atoms. The van der Waals surface area contributed by atoms with Gasteiger partial charge in [0.05, 0.1) is 23.6 Å². The molecule has 7 nitrogen and oxygen atoms in total. The first-order valence-electron chi connectivity index (χ1n) is 8.39. The summed E-state index contributed by atoms with van der Waals surface area (Å²) in [5.41, 5.74) is 1.65. The number of methoxy groups -OCH3 is 1. The predicted octanol–water partition coefficient (Wildman–Crippen LogP) is 1.81. The van der Waals surface area contributed by atoms with Crippen LogP contribution in [-0.4, -0.2) is 28.5 Å². The molecule has 0 aliphatic carbocycles. The van der Waals surface area contributed by atoms with Crippen LogP contribution in [0.5, 0.6) is 0 Å². The van der Waals surface area contributed by atoms with Gasteiger partial charge in [0.1, 0.15) is 12.4 Å². The summed E-state index contributed by atoms with van der Waals surface area (Å²) in [6.07, 6.45) is 0. The van der Waals surface area contributed by atoms with E-state index in [9.17, 15) is 14.4 Å². The van der Waals surface area contributed by atoms with Crippen LogP contribution in [0.25, 0.3) is 10.9 Å². The van der Waals surface area contributed by atoms with E-state index < -0.39 is 5.97 Å². The molecule has 0 saturated carbocycles. The zero-order chi connectivity index (χ0) is 19.4. The molecule has 0 fully saturated rings. The largest absolute Gasteiger partial charge is 0.465 e. The van der Waals surface area contributed by atoms with E-state index in [1.807, 2.05) is 6.07 Å². The monoisotopic (exact) mass is 365 g/mol. The molecule has 1 N–H and O–H groups in total. The number of benzene rings is 2. The molecule has 0 saturated heterocycles. The van der Waals surface area contributed by atoms with E-state index >= 15 is 0 Å². The number of carbonyl (C=O) groups excluding carboxylic acids is 2. The number of amides is 1. The lowest BCUT2D eigenvalue weighted by atomic mass is 10.1. The summed E-state index contributed by atoms with van der Waals surface area (Å²) in [5.74, 6) is -0.227. The van der Waals surface area contributed by atoms with Crippen molar-refractivity contribution in [2.24, 2.45) is 0 Å². The fraction of sp³-hybridized carbons (Fsp3) is 0.200. The van der Waals surface area contributed by atoms with Crippen molar-refractivity contribution in [3.8, 4) is 0 Å². The SMILES string of the molecule is COC(=O)c1ccc(CNC(=O)Cn2c(C)nc3ccccc3c2=O)cc1. The van der Waals surface area contributed by atoms with E-state index in [2.05, 4.69) is 15.0 Å². The lowest BCUT2D eigenvalue weighted by molar-refractivity contribution is -0.121. The number of ether oxygens (including phenoxy) is 1. The predicted molar refractivity (Wildman–Crippen MR) is 100 cm³/mol. The van der Waals surface area contributed by atoms with Crippen LogP contribution in [0.4, 0.5) is 0 Å². The fourth-order valence-corrected chi connectivity index (χ4v) is 2.74. The van der Waals surface area contributed by atoms with Gasteiger partial charge in [0.25, 0.3) is 5.56 Å². The Morgan fingerprint density at radius 2 is 1.81 bits per heavy atom. The Morgan fingerprint density at radius 3 is 2.52 bits per heavy atom. The second-order valence-electron chi connectivity index (χ2n) is 6.03. The number of esters is 1. The maximum absolute atomic E-state index is 12.6. The van der Waals surface area contributed by atoms with E-state index in [4.69, 9.17) is 0 Å². The van der Waals surface area contributed by atoms with Gasteiger partial charge < -0.3 is 10.1 Å². The molecule has 1 heterocycles. The molecule has 0 unspecified atom stereocenters. The first-order chi connectivity index (χ1) is 13.0. The summed E-state index contributed by atoms with van der Waals surface area (Å²) in [6, 6.07) is 13.8. The molecule has 1 amide bonds. The maximum atomic E-state index is 12.6. The number of rotatable bonds is 5. The molecule has 2 aromatic carbocycles. The molecule has 3 rings (SSSR count). The minimum absolute atomic E-state index is 0.108. The average Bonchev–Trinajstić information content (AvgIpc) is 2.69. The lowest BCUT2D eigenvalue weighted by Gasteiger charge is -2.11. The maximum Gasteiger partial charge on any atom is 0.337 e. The summed E-state index contributed by atoms with van der Waals surface area (Å²) in [5, 5.41) is 3.25. The Kier molecular flexibility index (Phi) is 5.30. The Balaban J connectivity index is 1.69.